The third kappa shape index (κ3) is 3.22. The molecule has 0 fully saturated rings. The van der Waals surface area contributed by atoms with Crippen LogP contribution < -0.4 is 15.2 Å². The molecule has 2 aromatic rings. The fourth-order valence-corrected chi connectivity index (χ4v) is 2.81. The zero-order chi connectivity index (χ0) is 15.6. The highest BCUT2D eigenvalue weighted by Crippen LogP contribution is 2.27. The molecule has 0 bridgehead atoms. The molecule has 2 rings (SSSR count). The number of hydrogen-bond donors (Lipinski definition) is 2. The van der Waals surface area contributed by atoms with Gasteiger partial charge in [0.15, 0.2) is 0 Å². The van der Waals surface area contributed by atoms with Gasteiger partial charge in [0.1, 0.15) is 22.3 Å². The molecule has 0 atom stereocenters. The van der Waals surface area contributed by atoms with Crippen molar-refractivity contribution in [2.75, 3.05) is 17.6 Å². The minimum atomic E-state index is -4.27. The molecule has 0 radical (unpaired) electrons. The van der Waals surface area contributed by atoms with Crippen LogP contribution in [0, 0.1) is 11.6 Å². The van der Waals surface area contributed by atoms with E-state index in [0.717, 1.165) is 12.1 Å². The number of halogens is 2. The highest BCUT2D eigenvalue weighted by atomic mass is 32.2. The zero-order valence-electron chi connectivity index (χ0n) is 10.9. The summed E-state index contributed by atoms with van der Waals surface area (Å²) in [6.45, 7) is 0. The van der Waals surface area contributed by atoms with Crippen molar-refractivity contribution >= 4 is 21.4 Å². The number of ether oxygens (including phenoxy) is 1. The van der Waals surface area contributed by atoms with Crippen LogP contribution in [0.15, 0.2) is 41.3 Å². The van der Waals surface area contributed by atoms with Crippen molar-refractivity contribution in [3.8, 4) is 5.75 Å². The Bertz CT molecular complexity index is 779. The molecule has 0 saturated carbocycles. The first kappa shape index (κ1) is 15.0. The van der Waals surface area contributed by atoms with E-state index in [1.165, 1.54) is 25.3 Å². The van der Waals surface area contributed by atoms with Crippen LogP contribution in [-0.2, 0) is 10.0 Å². The molecule has 21 heavy (non-hydrogen) atoms. The summed E-state index contributed by atoms with van der Waals surface area (Å²) < 4.78 is 57.9. The molecule has 0 aliphatic carbocycles. The summed E-state index contributed by atoms with van der Waals surface area (Å²) in [6, 6.07) is 6.33. The number of anilines is 2. The van der Waals surface area contributed by atoms with Crippen molar-refractivity contribution in [3.63, 3.8) is 0 Å². The highest BCUT2D eigenvalue weighted by Gasteiger charge is 2.20. The van der Waals surface area contributed by atoms with E-state index in [1.54, 1.807) is 0 Å². The molecule has 3 N–H and O–H groups in total. The molecule has 0 aliphatic rings. The third-order valence-electron chi connectivity index (χ3n) is 2.67. The number of nitrogens with one attached hydrogen (secondary N) is 1. The number of sulfonamides is 1. The number of benzene rings is 2. The first-order valence-electron chi connectivity index (χ1n) is 5.75. The van der Waals surface area contributed by atoms with Crippen molar-refractivity contribution < 1.29 is 21.9 Å². The van der Waals surface area contributed by atoms with Crippen molar-refractivity contribution in [2.45, 2.75) is 4.90 Å². The van der Waals surface area contributed by atoms with E-state index in [0.29, 0.717) is 11.8 Å². The number of rotatable bonds is 4. The Kier molecular flexibility index (Phi) is 3.99. The van der Waals surface area contributed by atoms with E-state index in [1.807, 2.05) is 0 Å². The van der Waals surface area contributed by atoms with Crippen molar-refractivity contribution in [1.29, 1.82) is 0 Å². The normalized spacial score (nSPS) is 11.2. The lowest BCUT2D eigenvalue weighted by molar-refractivity contribution is 0.417. The summed E-state index contributed by atoms with van der Waals surface area (Å²) in [7, 11) is -2.89. The maximum absolute atomic E-state index is 13.5. The van der Waals surface area contributed by atoms with E-state index >= 15 is 0 Å². The summed E-state index contributed by atoms with van der Waals surface area (Å²) in [5.74, 6) is -1.65. The first-order chi connectivity index (χ1) is 9.83. The van der Waals surface area contributed by atoms with Gasteiger partial charge in [-0.3, -0.25) is 4.72 Å². The SMILES string of the molecule is COc1cc(NS(=O)(=O)c2cc(F)ccc2F)ccc1N. The summed E-state index contributed by atoms with van der Waals surface area (Å²) in [6.07, 6.45) is 0. The quantitative estimate of drug-likeness (QED) is 0.849. The van der Waals surface area contributed by atoms with Gasteiger partial charge < -0.3 is 10.5 Å². The standard InChI is InChI=1S/C13H12F2N2O3S/c1-20-12-7-9(3-5-11(12)16)17-21(18,19)13-6-8(14)2-4-10(13)15/h2-7,17H,16H2,1H3. The maximum Gasteiger partial charge on any atom is 0.264 e. The van der Waals surface area contributed by atoms with Crippen LogP contribution in [0.4, 0.5) is 20.2 Å². The lowest BCUT2D eigenvalue weighted by atomic mass is 10.2. The average molecular weight is 314 g/mol. The average Bonchev–Trinajstić information content (AvgIpc) is 2.43. The van der Waals surface area contributed by atoms with Gasteiger partial charge in [-0.05, 0) is 30.3 Å². The smallest absolute Gasteiger partial charge is 0.264 e. The first-order valence-corrected chi connectivity index (χ1v) is 7.23. The van der Waals surface area contributed by atoms with Crippen LogP contribution in [0.5, 0.6) is 5.75 Å². The Hall–Kier alpha value is -2.35. The van der Waals surface area contributed by atoms with Crippen LogP contribution in [0.25, 0.3) is 0 Å². The van der Waals surface area contributed by atoms with E-state index in [-0.39, 0.29) is 11.4 Å². The monoisotopic (exact) mass is 314 g/mol. The van der Waals surface area contributed by atoms with Gasteiger partial charge in [-0.25, -0.2) is 17.2 Å². The molecular formula is C13H12F2N2O3S. The minimum absolute atomic E-state index is 0.115. The zero-order valence-corrected chi connectivity index (χ0v) is 11.7. The summed E-state index contributed by atoms with van der Waals surface area (Å²) >= 11 is 0. The molecule has 8 heteroatoms. The number of nitrogens with two attached hydrogens (primary N) is 1. The van der Waals surface area contributed by atoms with Gasteiger partial charge in [-0.2, -0.15) is 0 Å². The van der Waals surface area contributed by atoms with E-state index < -0.39 is 26.6 Å². The largest absolute Gasteiger partial charge is 0.495 e. The molecule has 0 aromatic heterocycles. The van der Waals surface area contributed by atoms with Crippen LogP contribution in [0.1, 0.15) is 0 Å². The molecule has 0 aliphatic heterocycles. The topological polar surface area (TPSA) is 81.4 Å². The Morgan fingerprint density at radius 2 is 1.86 bits per heavy atom. The van der Waals surface area contributed by atoms with Crippen LogP contribution in [0.3, 0.4) is 0 Å². The predicted octanol–water partition coefficient (Wildman–Crippen LogP) is 2.36. The number of nitrogen functional groups attached to an aromatic ring is 1. The molecule has 112 valence electrons. The molecule has 0 unspecified atom stereocenters. The van der Waals surface area contributed by atoms with Crippen molar-refractivity contribution in [1.82, 2.24) is 0 Å². The molecule has 0 saturated heterocycles. The second kappa shape index (κ2) is 5.57. The van der Waals surface area contributed by atoms with Crippen LogP contribution in [-0.4, -0.2) is 15.5 Å². The second-order valence-corrected chi connectivity index (χ2v) is 5.79. The van der Waals surface area contributed by atoms with Gasteiger partial charge in [0.05, 0.1) is 18.5 Å². The van der Waals surface area contributed by atoms with Crippen molar-refractivity contribution in [2.24, 2.45) is 0 Å². The van der Waals surface area contributed by atoms with Crippen LogP contribution in [0.2, 0.25) is 0 Å². The Morgan fingerprint density at radius 3 is 2.52 bits per heavy atom. The molecule has 0 heterocycles. The Balaban J connectivity index is 2.40. The second-order valence-electron chi connectivity index (χ2n) is 4.14. The van der Waals surface area contributed by atoms with Gasteiger partial charge in [0, 0.05) is 6.07 Å². The van der Waals surface area contributed by atoms with Gasteiger partial charge >= 0.3 is 0 Å². The van der Waals surface area contributed by atoms with Crippen LogP contribution >= 0.6 is 0 Å². The maximum atomic E-state index is 13.5. The lowest BCUT2D eigenvalue weighted by Gasteiger charge is -2.11. The van der Waals surface area contributed by atoms with Gasteiger partial charge in [-0.15, -0.1) is 0 Å². The van der Waals surface area contributed by atoms with Gasteiger partial charge in [0.25, 0.3) is 10.0 Å². The highest BCUT2D eigenvalue weighted by molar-refractivity contribution is 7.92. The van der Waals surface area contributed by atoms with Gasteiger partial charge in [-0.1, -0.05) is 0 Å². The summed E-state index contributed by atoms with van der Waals surface area (Å²) in [5.41, 5.74) is 6.04. The molecule has 0 spiro atoms. The third-order valence-corrected chi connectivity index (χ3v) is 4.06. The Morgan fingerprint density at radius 1 is 1.14 bits per heavy atom. The number of methoxy groups -OCH3 is 1. The Labute approximate surface area is 120 Å². The fraction of sp³-hybridized carbons (Fsp3) is 0.0769. The summed E-state index contributed by atoms with van der Waals surface area (Å²) in [4.78, 5) is -0.779. The minimum Gasteiger partial charge on any atom is -0.495 e. The van der Waals surface area contributed by atoms with Gasteiger partial charge in [0.2, 0.25) is 0 Å². The molecule has 5 nitrogen and oxygen atoms in total. The predicted molar refractivity (Wildman–Crippen MR) is 74.6 cm³/mol. The molecule has 2 aromatic carbocycles. The van der Waals surface area contributed by atoms with Crippen molar-refractivity contribution in [3.05, 3.63) is 48.0 Å². The molecular weight excluding hydrogens is 302 g/mol. The lowest BCUT2D eigenvalue weighted by Crippen LogP contribution is -2.15. The van der Waals surface area contributed by atoms with E-state index in [9.17, 15) is 17.2 Å². The summed E-state index contributed by atoms with van der Waals surface area (Å²) in [5, 5.41) is 0. The fourth-order valence-electron chi connectivity index (χ4n) is 1.67. The van der Waals surface area contributed by atoms with E-state index in [4.69, 9.17) is 10.5 Å². The molecule has 0 amide bonds. The van der Waals surface area contributed by atoms with E-state index in [2.05, 4.69) is 4.72 Å². The number of hydrogen-bond acceptors (Lipinski definition) is 4.